The topological polar surface area (TPSA) is 65.7 Å². The quantitative estimate of drug-likeness (QED) is 0.587. The Bertz CT molecular complexity index is 834. The molecule has 0 aromatic heterocycles. The van der Waals surface area contributed by atoms with Gasteiger partial charge < -0.3 is 29.3 Å². The van der Waals surface area contributed by atoms with E-state index in [2.05, 4.69) is 17.4 Å². The van der Waals surface area contributed by atoms with Crippen LogP contribution in [0.2, 0.25) is 0 Å². The number of quaternary nitrogens is 2. The van der Waals surface area contributed by atoms with Gasteiger partial charge in [0.25, 0.3) is 5.91 Å². The first kappa shape index (κ1) is 19.7. The van der Waals surface area contributed by atoms with Gasteiger partial charge in [-0.2, -0.15) is 0 Å². The average Bonchev–Trinajstić information content (AvgIpc) is 3.18. The van der Waals surface area contributed by atoms with E-state index in [0.717, 1.165) is 67.0 Å². The molecule has 7 nitrogen and oxygen atoms in total. The number of ether oxygens (including phenoxy) is 3. The summed E-state index contributed by atoms with van der Waals surface area (Å²) < 4.78 is 16.2. The molecule has 0 radical (unpaired) electrons. The lowest BCUT2D eigenvalue weighted by Crippen LogP contribution is -3.12. The van der Waals surface area contributed by atoms with E-state index < -0.39 is 0 Å². The van der Waals surface area contributed by atoms with Crippen molar-refractivity contribution in [3.8, 4) is 11.5 Å². The molecule has 7 heteroatoms. The molecule has 0 bridgehead atoms. The minimum Gasteiger partial charge on any atom is -0.454 e. The van der Waals surface area contributed by atoms with Crippen LogP contribution in [0.25, 0.3) is 0 Å². The van der Waals surface area contributed by atoms with Gasteiger partial charge in [-0.1, -0.05) is 12.1 Å². The summed E-state index contributed by atoms with van der Waals surface area (Å²) in [6.07, 6.45) is 0. The molecular formula is C22H29N3O4+2. The first-order chi connectivity index (χ1) is 14.2. The van der Waals surface area contributed by atoms with E-state index in [0.29, 0.717) is 6.54 Å². The number of carbonyl (C=O) groups is 1. The zero-order valence-corrected chi connectivity index (χ0v) is 16.8. The molecule has 2 aromatic carbocycles. The van der Waals surface area contributed by atoms with E-state index in [1.54, 1.807) is 4.90 Å². The molecule has 2 heterocycles. The average molecular weight is 399 g/mol. The Balaban J connectivity index is 1.24. The molecule has 1 amide bonds. The maximum atomic E-state index is 12.4. The SMILES string of the molecule is C[NH+](CC(=O)Nc1ccc(C[NH+]2CCOCC2)cc1)Cc1ccc2c(c1)OCO2. The molecular weight excluding hydrogens is 370 g/mol. The molecule has 0 spiro atoms. The van der Waals surface area contributed by atoms with Crippen molar-refractivity contribution in [2.24, 2.45) is 0 Å². The highest BCUT2D eigenvalue weighted by atomic mass is 16.7. The fraction of sp³-hybridized carbons (Fsp3) is 0.409. The van der Waals surface area contributed by atoms with Gasteiger partial charge in [0.15, 0.2) is 18.0 Å². The fourth-order valence-electron chi connectivity index (χ4n) is 3.77. The normalized spacial score (nSPS) is 17.1. The lowest BCUT2D eigenvalue weighted by Gasteiger charge is -2.23. The van der Waals surface area contributed by atoms with Crippen LogP contribution in [-0.2, 0) is 22.6 Å². The molecule has 2 aliphatic rings. The number of hydrogen-bond donors (Lipinski definition) is 3. The molecule has 3 N–H and O–H groups in total. The molecule has 1 atom stereocenters. The number of carbonyl (C=O) groups excluding carboxylic acids is 1. The Morgan fingerprint density at radius 2 is 1.76 bits per heavy atom. The minimum atomic E-state index is 0.00907. The number of likely N-dealkylation sites (N-methyl/N-ethyl adjacent to an activating group) is 1. The summed E-state index contributed by atoms with van der Waals surface area (Å²) in [5, 5.41) is 3.00. The van der Waals surface area contributed by atoms with Gasteiger partial charge in [0.1, 0.15) is 26.2 Å². The molecule has 1 saturated heterocycles. The second kappa shape index (κ2) is 9.26. The number of anilines is 1. The van der Waals surface area contributed by atoms with Gasteiger partial charge >= 0.3 is 0 Å². The van der Waals surface area contributed by atoms with E-state index >= 15 is 0 Å². The number of benzene rings is 2. The van der Waals surface area contributed by atoms with Crippen molar-refractivity contribution in [2.45, 2.75) is 13.1 Å². The molecule has 154 valence electrons. The largest absolute Gasteiger partial charge is 0.454 e. The second-order valence-electron chi connectivity index (χ2n) is 7.78. The Hall–Kier alpha value is -2.61. The van der Waals surface area contributed by atoms with Crippen LogP contribution < -0.4 is 24.6 Å². The van der Waals surface area contributed by atoms with E-state index in [4.69, 9.17) is 14.2 Å². The Kier molecular flexibility index (Phi) is 6.29. The second-order valence-corrected chi connectivity index (χ2v) is 7.78. The highest BCUT2D eigenvalue weighted by Crippen LogP contribution is 2.32. The van der Waals surface area contributed by atoms with Crippen LogP contribution in [0.15, 0.2) is 42.5 Å². The maximum Gasteiger partial charge on any atom is 0.279 e. The van der Waals surface area contributed by atoms with Crippen LogP contribution in [0.5, 0.6) is 11.5 Å². The van der Waals surface area contributed by atoms with E-state index in [1.165, 1.54) is 5.56 Å². The van der Waals surface area contributed by atoms with Crippen LogP contribution >= 0.6 is 0 Å². The van der Waals surface area contributed by atoms with Crippen molar-refractivity contribution in [1.82, 2.24) is 0 Å². The van der Waals surface area contributed by atoms with Crippen LogP contribution in [-0.4, -0.2) is 52.6 Å². The number of morpholine rings is 1. The van der Waals surface area contributed by atoms with Gasteiger partial charge in [-0.25, -0.2) is 0 Å². The standard InChI is InChI=1S/C22H27N3O4/c1-24(13-18-4-7-20-21(12-18)29-16-28-20)15-22(26)23-19-5-2-17(3-6-19)14-25-8-10-27-11-9-25/h2-7,12H,8-11,13-16H2,1H3,(H,23,26)/p+2. The Morgan fingerprint density at radius 3 is 2.55 bits per heavy atom. The summed E-state index contributed by atoms with van der Waals surface area (Å²) in [4.78, 5) is 15.1. The summed E-state index contributed by atoms with van der Waals surface area (Å²) in [6, 6.07) is 14.1. The van der Waals surface area contributed by atoms with Gasteiger partial charge in [-0.15, -0.1) is 0 Å². The maximum absolute atomic E-state index is 12.4. The van der Waals surface area contributed by atoms with E-state index in [-0.39, 0.29) is 12.7 Å². The van der Waals surface area contributed by atoms with Crippen molar-refractivity contribution in [1.29, 1.82) is 0 Å². The summed E-state index contributed by atoms with van der Waals surface area (Å²) in [5.74, 6) is 1.57. The lowest BCUT2D eigenvalue weighted by atomic mass is 10.2. The van der Waals surface area contributed by atoms with Crippen molar-refractivity contribution in [3.63, 3.8) is 0 Å². The van der Waals surface area contributed by atoms with Crippen LogP contribution in [0.3, 0.4) is 0 Å². The van der Waals surface area contributed by atoms with E-state index in [9.17, 15) is 4.79 Å². The molecule has 2 aliphatic heterocycles. The van der Waals surface area contributed by atoms with E-state index in [1.807, 2.05) is 37.4 Å². The zero-order valence-electron chi connectivity index (χ0n) is 16.8. The Morgan fingerprint density at radius 1 is 1.03 bits per heavy atom. The molecule has 29 heavy (non-hydrogen) atoms. The Labute approximate surface area is 171 Å². The fourth-order valence-corrected chi connectivity index (χ4v) is 3.77. The molecule has 1 fully saturated rings. The van der Waals surface area contributed by atoms with Crippen molar-refractivity contribution in [3.05, 3.63) is 53.6 Å². The summed E-state index contributed by atoms with van der Waals surface area (Å²) in [7, 11) is 2.01. The van der Waals surface area contributed by atoms with Gasteiger partial charge in [-0.05, 0) is 30.3 Å². The van der Waals surface area contributed by atoms with Crippen LogP contribution in [0, 0.1) is 0 Å². The molecule has 0 aliphatic carbocycles. The lowest BCUT2D eigenvalue weighted by molar-refractivity contribution is -0.921. The van der Waals surface area contributed by atoms with Crippen LogP contribution in [0.1, 0.15) is 11.1 Å². The molecule has 1 unspecified atom stereocenters. The predicted octanol–water partition coefficient (Wildman–Crippen LogP) is -0.516. The first-order valence-electron chi connectivity index (χ1n) is 10.2. The third kappa shape index (κ3) is 5.47. The number of hydrogen-bond acceptors (Lipinski definition) is 4. The third-order valence-corrected chi connectivity index (χ3v) is 5.30. The van der Waals surface area contributed by atoms with Crippen molar-refractivity contribution >= 4 is 11.6 Å². The van der Waals surface area contributed by atoms with Gasteiger partial charge in [0, 0.05) is 16.8 Å². The number of rotatable bonds is 7. The summed E-state index contributed by atoms with van der Waals surface area (Å²) in [6.45, 7) is 6.20. The van der Waals surface area contributed by atoms with Crippen molar-refractivity contribution in [2.75, 3.05) is 52.0 Å². The van der Waals surface area contributed by atoms with Gasteiger partial charge in [0.2, 0.25) is 6.79 Å². The monoisotopic (exact) mass is 399 g/mol. The predicted molar refractivity (Wildman–Crippen MR) is 108 cm³/mol. The molecule has 2 aromatic rings. The highest BCUT2D eigenvalue weighted by Gasteiger charge is 2.17. The number of amides is 1. The smallest absolute Gasteiger partial charge is 0.279 e. The first-order valence-corrected chi connectivity index (χ1v) is 10.2. The zero-order chi connectivity index (χ0) is 20.1. The van der Waals surface area contributed by atoms with Gasteiger partial charge in [0.05, 0.1) is 20.3 Å². The highest BCUT2D eigenvalue weighted by molar-refractivity contribution is 5.91. The third-order valence-electron chi connectivity index (χ3n) is 5.30. The molecule has 0 saturated carbocycles. The van der Waals surface area contributed by atoms with Crippen molar-refractivity contribution < 1.29 is 28.8 Å². The summed E-state index contributed by atoms with van der Waals surface area (Å²) in [5.41, 5.74) is 3.24. The molecule has 4 rings (SSSR count). The van der Waals surface area contributed by atoms with Crippen LogP contribution in [0.4, 0.5) is 5.69 Å². The number of nitrogens with one attached hydrogen (secondary N) is 3. The summed E-state index contributed by atoms with van der Waals surface area (Å²) >= 11 is 0. The van der Waals surface area contributed by atoms with Gasteiger partial charge in [-0.3, -0.25) is 4.79 Å². The number of fused-ring (bicyclic) bond motifs is 1. The minimum absolute atomic E-state index is 0.00907.